The van der Waals surface area contributed by atoms with Crippen LogP contribution < -0.4 is 11.5 Å². The summed E-state index contributed by atoms with van der Waals surface area (Å²) in [6.07, 6.45) is 1.65. The van der Waals surface area contributed by atoms with Crippen molar-refractivity contribution in [2.75, 3.05) is 0 Å². The number of nitrogens with two attached hydrogens (primary N) is 2. The van der Waals surface area contributed by atoms with Crippen LogP contribution in [-0.2, 0) is 0 Å². The van der Waals surface area contributed by atoms with Crippen LogP contribution in [-0.4, -0.2) is 15.4 Å². The third-order valence-electron chi connectivity index (χ3n) is 4.38. The van der Waals surface area contributed by atoms with Crippen molar-refractivity contribution >= 4 is 28.1 Å². The van der Waals surface area contributed by atoms with Gasteiger partial charge < -0.3 is 11.5 Å². The van der Waals surface area contributed by atoms with E-state index in [4.69, 9.17) is 16.5 Å². The van der Waals surface area contributed by atoms with E-state index in [2.05, 4.69) is 38.9 Å². The smallest absolute Gasteiger partial charge is 0.149 e. The zero-order valence-corrected chi connectivity index (χ0v) is 17.3. The molecule has 5 heteroatoms. The molecule has 0 saturated heterocycles. The van der Waals surface area contributed by atoms with E-state index >= 15 is 0 Å². The average Bonchev–Trinajstić information content (AvgIpc) is 2.90. The molecule has 27 heavy (non-hydrogen) atoms. The Bertz CT molecular complexity index is 943. The Labute approximate surface area is 162 Å². The van der Waals surface area contributed by atoms with Gasteiger partial charge in [0.1, 0.15) is 11.7 Å². The highest BCUT2D eigenvalue weighted by molar-refractivity contribution is 5.89. The van der Waals surface area contributed by atoms with Crippen molar-refractivity contribution < 1.29 is 0 Å². The molecule has 2 aromatic rings. The summed E-state index contributed by atoms with van der Waals surface area (Å²) in [6, 6.07) is 7.93. The SMILES string of the molecule is C=C(N)/C(=C\N=C(N)C(C)(C)C)c1nc2ccccc2n1C(=C)C(C)(C)C. The van der Waals surface area contributed by atoms with Crippen molar-refractivity contribution in [3.63, 3.8) is 0 Å². The van der Waals surface area contributed by atoms with Crippen molar-refractivity contribution in [3.8, 4) is 0 Å². The Morgan fingerprint density at radius 2 is 1.63 bits per heavy atom. The van der Waals surface area contributed by atoms with Crippen LogP contribution in [0.2, 0.25) is 0 Å². The molecule has 0 amide bonds. The van der Waals surface area contributed by atoms with Crippen molar-refractivity contribution in [3.05, 3.63) is 55.1 Å². The molecule has 1 heterocycles. The predicted octanol–water partition coefficient (Wildman–Crippen LogP) is 4.77. The molecule has 0 aliphatic carbocycles. The molecule has 0 saturated carbocycles. The van der Waals surface area contributed by atoms with Crippen LogP contribution in [0.15, 0.2) is 54.3 Å². The predicted molar refractivity (Wildman–Crippen MR) is 117 cm³/mol. The standard InChI is InChI=1S/C22H31N5/c1-14(23)16(13-25-20(24)22(6,7)8)19-26-17-11-9-10-12-18(17)27(19)15(2)21(3,4)5/h9-13H,1-2,23H2,3-8H3,(H2,24,25)/b16-13+. The molecule has 0 unspecified atom stereocenters. The van der Waals surface area contributed by atoms with Gasteiger partial charge in [-0.25, -0.2) is 9.98 Å². The van der Waals surface area contributed by atoms with Gasteiger partial charge in [0, 0.05) is 28.4 Å². The molecular weight excluding hydrogens is 334 g/mol. The molecule has 1 aromatic carbocycles. The lowest BCUT2D eigenvalue weighted by atomic mass is 9.92. The summed E-state index contributed by atoms with van der Waals surface area (Å²) in [6.45, 7) is 20.6. The van der Waals surface area contributed by atoms with E-state index in [0.29, 0.717) is 22.9 Å². The fourth-order valence-corrected chi connectivity index (χ4v) is 2.43. The molecule has 0 radical (unpaired) electrons. The third kappa shape index (κ3) is 4.30. The van der Waals surface area contributed by atoms with Crippen LogP contribution in [0.4, 0.5) is 0 Å². The average molecular weight is 366 g/mol. The number of aromatic nitrogens is 2. The minimum Gasteiger partial charge on any atom is -0.399 e. The largest absolute Gasteiger partial charge is 0.399 e. The first kappa shape index (κ1) is 20.5. The molecular formula is C22H31N5. The molecule has 0 fully saturated rings. The Morgan fingerprint density at radius 1 is 1.04 bits per heavy atom. The lowest BCUT2D eigenvalue weighted by molar-refractivity contribution is 0.542. The highest BCUT2D eigenvalue weighted by atomic mass is 15.1. The summed E-state index contributed by atoms with van der Waals surface area (Å²) < 4.78 is 2.03. The Balaban J connectivity index is 2.78. The maximum Gasteiger partial charge on any atom is 0.149 e. The lowest BCUT2D eigenvalue weighted by Gasteiger charge is -2.25. The maximum absolute atomic E-state index is 6.11. The second-order valence-corrected chi connectivity index (χ2v) is 8.79. The van der Waals surface area contributed by atoms with Gasteiger partial charge in [0.15, 0.2) is 0 Å². The maximum atomic E-state index is 6.11. The van der Waals surface area contributed by atoms with Gasteiger partial charge in [-0.3, -0.25) is 4.57 Å². The number of allylic oxidation sites excluding steroid dienone is 2. The van der Waals surface area contributed by atoms with Gasteiger partial charge in [0.2, 0.25) is 0 Å². The number of benzene rings is 1. The van der Waals surface area contributed by atoms with E-state index in [1.807, 2.05) is 49.6 Å². The second kappa shape index (κ2) is 7.06. The first-order valence-electron chi connectivity index (χ1n) is 9.00. The van der Waals surface area contributed by atoms with Crippen LogP contribution in [0.1, 0.15) is 47.4 Å². The molecule has 0 bridgehead atoms. The molecule has 0 aliphatic heterocycles. The molecule has 1 aromatic heterocycles. The monoisotopic (exact) mass is 365 g/mol. The molecule has 0 spiro atoms. The lowest BCUT2D eigenvalue weighted by Crippen LogP contribution is -2.28. The Morgan fingerprint density at radius 3 is 2.15 bits per heavy atom. The van der Waals surface area contributed by atoms with E-state index in [1.54, 1.807) is 6.20 Å². The zero-order valence-electron chi connectivity index (χ0n) is 17.3. The van der Waals surface area contributed by atoms with E-state index in [9.17, 15) is 0 Å². The van der Waals surface area contributed by atoms with Gasteiger partial charge in [-0.2, -0.15) is 0 Å². The number of aliphatic imine (C=N–C) groups is 1. The number of hydrogen-bond acceptors (Lipinski definition) is 3. The number of amidine groups is 1. The summed E-state index contributed by atoms with van der Waals surface area (Å²) >= 11 is 0. The van der Waals surface area contributed by atoms with E-state index in [0.717, 1.165) is 16.7 Å². The van der Waals surface area contributed by atoms with Gasteiger partial charge in [-0.05, 0) is 12.1 Å². The fourth-order valence-electron chi connectivity index (χ4n) is 2.43. The molecule has 5 nitrogen and oxygen atoms in total. The van der Waals surface area contributed by atoms with Gasteiger partial charge >= 0.3 is 0 Å². The van der Waals surface area contributed by atoms with Crippen molar-refractivity contribution in [2.24, 2.45) is 27.3 Å². The number of para-hydroxylation sites is 2. The summed E-state index contributed by atoms with van der Waals surface area (Å²) in [7, 11) is 0. The highest BCUT2D eigenvalue weighted by Gasteiger charge is 2.24. The van der Waals surface area contributed by atoms with Crippen molar-refractivity contribution in [2.45, 2.75) is 41.5 Å². The van der Waals surface area contributed by atoms with Crippen molar-refractivity contribution in [1.82, 2.24) is 9.55 Å². The van der Waals surface area contributed by atoms with Crippen LogP contribution in [0, 0.1) is 10.8 Å². The number of fused-ring (bicyclic) bond motifs is 1. The topological polar surface area (TPSA) is 82.2 Å². The quantitative estimate of drug-likeness (QED) is 0.465. The number of nitrogens with zero attached hydrogens (tertiary/aromatic N) is 3. The van der Waals surface area contributed by atoms with Crippen molar-refractivity contribution in [1.29, 1.82) is 0 Å². The second-order valence-electron chi connectivity index (χ2n) is 8.79. The first-order chi connectivity index (χ1) is 12.3. The summed E-state index contributed by atoms with van der Waals surface area (Å²) in [5.41, 5.74) is 15.5. The normalized spacial score (nSPS) is 13.9. The fraction of sp³-hybridized carbons (Fsp3) is 0.364. The molecule has 0 aliphatic rings. The van der Waals surface area contributed by atoms with E-state index in [-0.39, 0.29) is 10.8 Å². The van der Waals surface area contributed by atoms with Crippen LogP contribution in [0.3, 0.4) is 0 Å². The number of rotatable bonds is 4. The summed E-state index contributed by atoms with van der Waals surface area (Å²) in [4.78, 5) is 9.23. The Hall–Kier alpha value is -2.82. The molecule has 144 valence electrons. The van der Waals surface area contributed by atoms with Crippen LogP contribution >= 0.6 is 0 Å². The van der Waals surface area contributed by atoms with Crippen LogP contribution in [0.25, 0.3) is 22.3 Å². The summed E-state index contributed by atoms with van der Waals surface area (Å²) in [5, 5.41) is 0. The van der Waals surface area contributed by atoms with Gasteiger partial charge in [-0.15, -0.1) is 0 Å². The van der Waals surface area contributed by atoms with E-state index < -0.39 is 0 Å². The minimum absolute atomic E-state index is 0.160. The highest BCUT2D eigenvalue weighted by Crippen LogP contribution is 2.35. The van der Waals surface area contributed by atoms with Gasteiger partial charge in [0.05, 0.1) is 16.6 Å². The number of hydrogen-bond donors (Lipinski definition) is 2. The third-order valence-corrected chi connectivity index (χ3v) is 4.38. The zero-order chi connectivity index (χ0) is 20.6. The van der Waals surface area contributed by atoms with Crippen LogP contribution in [0.5, 0.6) is 0 Å². The summed E-state index contributed by atoms with van der Waals surface area (Å²) in [5.74, 6) is 1.17. The first-order valence-corrected chi connectivity index (χ1v) is 9.00. The van der Waals surface area contributed by atoms with Gasteiger partial charge in [0.25, 0.3) is 0 Å². The molecule has 0 atom stereocenters. The molecule has 4 N–H and O–H groups in total. The Kier molecular flexibility index (Phi) is 5.36. The minimum atomic E-state index is -0.243. The molecule has 2 rings (SSSR count). The van der Waals surface area contributed by atoms with E-state index in [1.165, 1.54) is 0 Å². The number of imidazole rings is 1. The van der Waals surface area contributed by atoms with Gasteiger partial charge in [-0.1, -0.05) is 66.8 Å².